The molecular weight excluding hydrogens is 201 g/mol. The number of hydrogen-bond donors (Lipinski definition) is 1. The summed E-state index contributed by atoms with van der Waals surface area (Å²) in [5.41, 5.74) is 4.94. The van der Waals surface area contributed by atoms with Gasteiger partial charge in [-0.15, -0.1) is 0 Å². The molecule has 1 aromatic carbocycles. The van der Waals surface area contributed by atoms with Crippen LogP contribution in [0.25, 0.3) is 0 Å². The van der Waals surface area contributed by atoms with Crippen molar-refractivity contribution in [2.24, 2.45) is 5.73 Å². The molecule has 0 saturated carbocycles. The van der Waals surface area contributed by atoms with Gasteiger partial charge in [0, 0.05) is 0 Å². The molecule has 13 heavy (non-hydrogen) atoms. The number of rotatable bonds is 3. The van der Waals surface area contributed by atoms with Crippen LogP contribution >= 0.6 is 0 Å². The maximum absolute atomic E-state index is 10.8. The van der Waals surface area contributed by atoms with E-state index in [0.29, 0.717) is 0 Å². The zero-order chi connectivity index (χ0) is 9.03. The average Bonchev–Trinajstić information content (AvgIpc) is 2.06. The molecule has 0 unspecified atom stereocenters. The Bertz CT molecular complexity index is 338. The van der Waals surface area contributed by atoms with Crippen LogP contribution in [0.3, 0.4) is 0 Å². The summed E-state index contributed by atoms with van der Waals surface area (Å²) in [6, 6.07) is 8.23. The van der Waals surface area contributed by atoms with Crippen molar-refractivity contribution in [3.05, 3.63) is 30.3 Å². The van der Waals surface area contributed by atoms with Gasteiger partial charge < -0.3 is 9.92 Å². The van der Waals surface area contributed by atoms with Gasteiger partial charge >= 0.3 is 39.7 Å². The summed E-state index contributed by atoms with van der Waals surface area (Å²) in [6.07, 6.45) is 0. The monoisotopic (exact) mass is 211 g/mol. The zero-order valence-electron chi connectivity index (χ0n) is 6.30. The maximum atomic E-state index is 10.8. The molecule has 0 spiro atoms. The molecule has 0 bridgehead atoms. The van der Waals surface area contributed by atoms with Gasteiger partial charge in [0.15, 0.2) is 0 Å². The zero-order valence-corrected chi connectivity index (χ0v) is 7.12. The van der Waals surface area contributed by atoms with Crippen molar-refractivity contribution in [3.8, 4) is 5.75 Å². The van der Waals surface area contributed by atoms with Gasteiger partial charge in [-0.05, 0) is 12.1 Å². The van der Waals surface area contributed by atoms with Crippen molar-refractivity contribution >= 4 is 39.7 Å². The summed E-state index contributed by atoms with van der Waals surface area (Å²) in [5.74, 6) is -0.232. The van der Waals surface area contributed by atoms with E-state index in [-0.39, 0.29) is 35.3 Å². The molecule has 0 heterocycles. The van der Waals surface area contributed by atoms with Crippen LogP contribution < -0.4 is 9.92 Å². The van der Waals surface area contributed by atoms with Gasteiger partial charge in [-0.2, -0.15) is 8.42 Å². The van der Waals surface area contributed by atoms with Gasteiger partial charge in [-0.3, -0.25) is 0 Å². The van der Waals surface area contributed by atoms with E-state index in [1.54, 1.807) is 30.3 Å². The molecule has 0 aromatic heterocycles. The SMILES string of the molecule is NCS(=O)(=O)Oc1ccccc1.[NaH]. The Kier molecular flexibility index (Phi) is 5.59. The molecule has 4 nitrogen and oxygen atoms in total. The Morgan fingerprint density at radius 2 is 1.77 bits per heavy atom. The van der Waals surface area contributed by atoms with Gasteiger partial charge in [-0.25, -0.2) is 0 Å². The number of hydrogen-bond acceptors (Lipinski definition) is 4. The van der Waals surface area contributed by atoms with Crippen LogP contribution in [0.2, 0.25) is 0 Å². The predicted octanol–water partition coefficient (Wildman–Crippen LogP) is -0.337. The Morgan fingerprint density at radius 1 is 1.23 bits per heavy atom. The van der Waals surface area contributed by atoms with E-state index in [1.807, 2.05) is 0 Å². The van der Waals surface area contributed by atoms with Crippen molar-refractivity contribution in [1.82, 2.24) is 0 Å². The first-order chi connectivity index (χ1) is 5.64. The molecule has 0 fully saturated rings. The fourth-order valence-electron chi connectivity index (χ4n) is 0.657. The first kappa shape index (κ1) is 12.9. The van der Waals surface area contributed by atoms with Crippen molar-refractivity contribution in [1.29, 1.82) is 0 Å². The molecule has 6 heteroatoms. The van der Waals surface area contributed by atoms with Crippen LogP contribution in [0, 0.1) is 0 Å². The minimum atomic E-state index is -3.59. The van der Waals surface area contributed by atoms with E-state index in [0.717, 1.165) is 0 Å². The summed E-state index contributed by atoms with van der Waals surface area (Å²) >= 11 is 0. The van der Waals surface area contributed by atoms with E-state index < -0.39 is 16.0 Å². The summed E-state index contributed by atoms with van der Waals surface area (Å²) in [4.78, 5) is 0. The Balaban J connectivity index is 0.00000144. The van der Waals surface area contributed by atoms with E-state index in [4.69, 9.17) is 5.73 Å². The molecular formula is C7H10NNaO3S. The third kappa shape index (κ3) is 4.64. The molecule has 0 saturated heterocycles. The molecule has 68 valence electrons. The molecule has 0 aliphatic heterocycles. The second-order valence-electron chi connectivity index (χ2n) is 2.12. The van der Waals surface area contributed by atoms with E-state index in [1.165, 1.54) is 0 Å². The molecule has 0 atom stereocenters. The second kappa shape index (κ2) is 5.62. The van der Waals surface area contributed by atoms with E-state index >= 15 is 0 Å². The predicted molar refractivity (Wildman–Crippen MR) is 52.2 cm³/mol. The first-order valence-electron chi connectivity index (χ1n) is 3.31. The minimum absolute atomic E-state index is 0. The van der Waals surface area contributed by atoms with Crippen LogP contribution in [0.1, 0.15) is 0 Å². The molecule has 0 amide bonds. The third-order valence-electron chi connectivity index (χ3n) is 1.17. The first-order valence-corrected chi connectivity index (χ1v) is 4.89. The molecule has 0 radical (unpaired) electrons. The van der Waals surface area contributed by atoms with Crippen LogP contribution in [0.5, 0.6) is 5.75 Å². The van der Waals surface area contributed by atoms with Gasteiger partial charge in [0.25, 0.3) is 0 Å². The molecule has 0 aliphatic rings. The van der Waals surface area contributed by atoms with Gasteiger partial charge in [0.1, 0.15) is 11.6 Å². The second-order valence-corrected chi connectivity index (χ2v) is 3.74. The van der Waals surface area contributed by atoms with Gasteiger partial charge in [0.05, 0.1) is 0 Å². The van der Waals surface area contributed by atoms with Crippen LogP contribution in [-0.2, 0) is 10.1 Å². The van der Waals surface area contributed by atoms with Crippen molar-refractivity contribution < 1.29 is 12.6 Å². The molecule has 0 aliphatic carbocycles. The third-order valence-corrected chi connectivity index (χ3v) is 2.03. The fourth-order valence-corrected chi connectivity index (χ4v) is 1.13. The molecule has 2 N–H and O–H groups in total. The number of para-hydroxylation sites is 1. The van der Waals surface area contributed by atoms with E-state index in [9.17, 15) is 8.42 Å². The van der Waals surface area contributed by atoms with Crippen LogP contribution in [-0.4, -0.2) is 43.9 Å². The number of nitrogens with two attached hydrogens (primary N) is 1. The summed E-state index contributed by atoms with van der Waals surface area (Å²) in [5, 5.41) is 0. The van der Waals surface area contributed by atoms with Crippen molar-refractivity contribution in [3.63, 3.8) is 0 Å². The summed E-state index contributed by atoms with van der Waals surface area (Å²) in [7, 11) is -3.59. The normalized spacial score (nSPS) is 10.2. The topological polar surface area (TPSA) is 69.4 Å². The van der Waals surface area contributed by atoms with E-state index in [2.05, 4.69) is 4.18 Å². The summed E-state index contributed by atoms with van der Waals surface area (Å²) in [6.45, 7) is 0. The summed E-state index contributed by atoms with van der Waals surface area (Å²) < 4.78 is 26.2. The Hall–Kier alpha value is -0.0700. The Morgan fingerprint density at radius 3 is 2.23 bits per heavy atom. The number of benzene rings is 1. The average molecular weight is 211 g/mol. The van der Waals surface area contributed by atoms with Gasteiger partial charge in [-0.1, -0.05) is 18.2 Å². The van der Waals surface area contributed by atoms with Gasteiger partial charge in [0.2, 0.25) is 0 Å². The molecule has 1 aromatic rings. The quantitative estimate of drug-likeness (QED) is 0.548. The van der Waals surface area contributed by atoms with Crippen molar-refractivity contribution in [2.75, 3.05) is 5.88 Å². The standard InChI is InChI=1S/C7H9NO3S.Na.H/c8-6-12(9,10)11-7-4-2-1-3-5-7;;/h1-5H,6,8H2;;. The molecule has 1 rings (SSSR count). The Labute approximate surface area is 99.5 Å². The van der Waals surface area contributed by atoms with Crippen molar-refractivity contribution in [2.45, 2.75) is 0 Å². The fraction of sp³-hybridized carbons (Fsp3) is 0.143. The van der Waals surface area contributed by atoms with Crippen LogP contribution in [0.4, 0.5) is 0 Å². The van der Waals surface area contributed by atoms with Crippen LogP contribution in [0.15, 0.2) is 30.3 Å².